The van der Waals surface area contributed by atoms with Crippen molar-refractivity contribution in [2.24, 2.45) is 0 Å². The molecule has 0 heterocycles. The van der Waals surface area contributed by atoms with E-state index in [9.17, 15) is 0 Å². The van der Waals surface area contributed by atoms with Gasteiger partial charge in [-0.05, 0) is 47.5 Å². The van der Waals surface area contributed by atoms with Crippen molar-refractivity contribution in [1.29, 1.82) is 0 Å². The molecule has 4 N–H and O–H groups in total. The van der Waals surface area contributed by atoms with Gasteiger partial charge in [-0.25, -0.2) is 0 Å². The van der Waals surface area contributed by atoms with Crippen molar-refractivity contribution in [2.45, 2.75) is 6.42 Å². The Bertz CT molecular complexity index is 1040. The van der Waals surface area contributed by atoms with Gasteiger partial charge in [0.1, 0.15) is 23.0 Å². The average Bonchev–Trinajstić information content (AvgIpc) is 2.71. The number of ether oxygens (including phenoxy) is 2. The summed E-state index contributed by atoms with van der Waals surface area (Å²) in [6.45, 7) is 0. The molecular weight excluding hydrogens is 360 g/mol. The highest BCUT2D eigenvalue weighted by Gasteiger charge is 2.10. The zero-order valence-corrected chi connectivity index (χ0v) is 15.9. The van der Waals surface area contributed by atoms with Crippen LogP contribution in [0.15, 0.2) is 97.1 Å². The third kappa shape index (κ3) is 4.68. The Kier molecular flexibility index (Phi) is 5.34. The number of nitrogens with two attached hydrogens (primary N) is 2. The molecule has 0 radical (unpaired) electrons. The van der Waals surface area contributed by atoms with E-state index in [1.807, 2.05) is 84.9 Å². The zero-order chi connectivity index (χ0) is 20.1. The van der Waals surface area contributed by atoms with Crippen LogP contribution in [-0.2, 0) is 6.42 Å². The molecule has 0 bridgehead atoms. The fourth-order valence-corrected chi connectivity index (χ4v) is 3.11. The van der Waals surface area contributed by atoms with Gasteiger partial charge in [-0.1, -0.05) is 48.5 Å². The molecule has 0 aliphatic carbocycles. The van der Waals surface area contributed by atoms with Gasteiger partial charge in [0.05, 0.1) is 0 Å². The van der Waals surface area contributed by atoms with Gasteiger partial charge in [0.2, 0.25) is 0 Å². The Morgan fingerprint density at radius 3 is 1.41 bits per heavy atom. The molecule has 0 fully saturated rings. The molecule has 0 saturated heterocycles. The molecule has 144 valence electrons. The summed E-state index contributed by atoms with van der Waals surface area (Å²) in [7, 11) is 0. The number of rotatable bonds is 6. The van der Waals surface area contributed by atoms with Crippen molar-refractivity contribution in [3.8, 4) is 23.0 Å². The predicted octanol–water partition coefficient (Wildman–Crippen LogP) is 6.03. The molecule has 4 nitrogen and oxygen atoms in total. The van der Waals surface area contributed by atoms with Gasteiger partial charge in [-0.2, -0.15) is 0 Å². The lowest BCUT2D eigenvalue weighted by atomic mass is 10.0. The summed E-state index contributed by atoms with van der Waals surface area (Å²) in [5.41, 5.74) is 15.2. The van der Waals surface area contributed by atoms with Crippen LogP contribution < -0.4 is 20.9 Å². The Morgan fingerprint density at radius 2 is 0.966 bits per heavy atom. The van der Waals surface area contributed by atoms with Crippen LogP contribution in [-0.4, -0.2) is 0 Å². The van der Waals surface area contributed by atoms with Crippen molar-refractivity contribution in [3.63, 3.8) is 0 Å². The van der Waals surface area contributed by atoms with Crippen LogP contribution in [0.4, 0.5) is 11.4 Å². The Balaban J connectivity index is 1.60. The second-order valence-corrected chi connectivity index (χ2v) is 6.74. The summed E-state index contributed by atoms with van der Waals surface area (Å²) >= 11 is 0. The van der Waals surface area contributed by atoms with Crippen LogP contribution in [0.3, 0.4) is 0 Å². The zero-order valence-electron chi connectivity index (χ0n) is 15.9. The fraction of sp³-hybridized carbons (Fsp3) is 0.0400. The largest absolute Gasteiger partial charge is 0.457 e. The maximum atomic E-state index is 6.10. The normalized spacial score (nSPS) is 10.5. The summed E-state index contributed by atoms with van der Waals surface area (Å²) in [5.74, 6) is 3.00. The minimum absolute atomic E-state index is 0.664. The van der Waals surface area contributed by atoms with E-state index < -0.39 is 0 Å². The first kappa shape index (κ1) is 18.4. The first-order valence-corrected chi connectivity index (χ1v) is 9.40. The molecule has 0 saturated carbocycles. The van der Waals surface area contributed by atoms with Crippen molar-refractivity contribution < 1.29 is 9.47 Å². The molecule has 29 heavy (non-hydrogen) atoms. The molecule has 4 heteroatoms. The van der Waals surface area contributed by atoms with E-state index in [0.717, 1.165) is 22.6 Å². The smallest absolute Gasteiger partial charge is 0.130 e. The predicted molar refractivity (Wildman–Crippen MR) is 118 cm³/mol. The molecule has 4 aromatic rings. The highest BCUT2D eigenvalue weighted by Crippen LogP contribution is 2.32. The quantitative estimate of drug-likeness (QED) is 0.400. The SMILES string of the molecule is Nc1cccc(Oc2ccccc2Cc2ccccc2Oc2cccc(N)c2)c1. The molecule has 0 atom stereocenters. The van der Waals surface area contributed by atoms with Gasteiger partial charge in [-0.15, -0.1) is 0 Å². The number of benzene rings is 4. The third-order valence-corrected chi connectivity index (χ3v) is 4.50. The minimum Gasteiger partial charge on any atom is -0.457 e. The second kappa shape index (κ2) is 8.40. The van der Waals surface area contributed by atoms with Gasteiger partial charge in [0, 0.05) is 29.9 Å². The van der Waals surface area contributed by atoms with Crippen LogP contribution in [0, 0.1) is 0 Å². The minimum atomic E-state index is 0.664. The van der Waals surface area contributed by atoms with Gasteiger partial charge in [0.25, 0.3) is 0 Å². The lowest BCUT2D eigenvalue weighted by molar-refractivity contribution is 0.471. The Labute approximate surface area is 170 Å². The van der Waals surface area contributed by atoms with Gasteiger partial charge < -0.3 is 20.9 Å². The number of anilines is 2. The van der Waals surface area contributed by atoms with E-state index in [0.29, 0.717) is 29.3 Å². The molecule has 0 spiro atoms. The number of para-hydroxylation sites is 2. The van der Waals surface area contributed by atoms with Crippen LogP contribution in [0.2, 0.25) is 0 Å². The van der Waals surface area contributed by atoms with Crippen molar-refractivity contribution in [3.05, 3.63) is 108 Å². The van der Waals surface area contributed by atoms with Crippen molar-refractivity contribution >= 4 is 11.4 Å². The topological polar surface area (TPSA) is 70.5 Å². The van der Waals surface area contributed by atoms with Gasteiger partial charge in [0.15, 0.2) is 0 Å². The maximum Gasteiger partial charge on any atom is 0.130 e. The Morgan fingerprint density at radius 1 is 0.517 bits per heavy atom. The molecule has 0 amide bonds. The number of hydrogen-bond acceptors (Lipinski definition) is 4. The standard InChI is InChI=1S/C25H22N2O2/c26-20-9-5-11-22(16-20)28-24-13-3-1-7-18(24)15-19-8-2-4-14-25(19)29-23-12-6-10-21(27)17-23/h1-14,16-17H,15,26-27H2. The van der Waals surface area contributed by atoms with E-state index in [-0.39, 0.29) is 0 Å². The first-order chi connectivity index (χ1) is 14.2. The number of nitrogen functional groups attached to an aromatic ring is 2. The monoisotopic (exact) mass is 382 g/mol. The highest BCUT2D eigenvalue weighted by atomic mass is 16.5. The molecular formula is C25H22N2O2. The van der Waals surface area contributed by atoms with Gasteiger partial charge in [-0.3, -0.25) is 0 Å². The second-order valence-electron chi connectivity index (χ2n) is 6.74. The van der Waals surface area contributed by atoms with Crippen LogP contribution in [0.25, 0.3) is 0 Å². The van der Waals surface area contributed by atoms with E-state index >= 15 is 0 Å². The fourth-order valence-electron chi connectivity index (χ4n) is 3.11. The maximum absolute atomic E-state index is 6.10. The van der Waals surface area contributed by atoms with Crippen molar-refractivity contribution in [2.75, 3.05) is 11.5 Å². The van der Waals surface area contributed by atoms with Crippen LogP contribution in [0.1, 0.15) is 11.1 Å². The van der Waals surface area contributed by atoms with Crippen LogP contribution >= 0.6 is 0 Å². The van der Waals surface area contributed by atoms with Gasteiger partial charge >= 0.3 is 0 Å². The molecule has 0 aromatic heterocycles. The summed E-state index contributed by atoms with van der Waals surface area (Å²) in [4.78, 5) is 0. The van der Waals surface area contributed by atoms with E-state index in [4.69, 9.17) is 20.9 Å². The van der Waals surface area contributed by atoms with Crippen LogP contribution in [0.5, 0.6) is 23.0 Å². The number of hydrogen-bond donors (Lipinski definition) is 2. The van der Waals surface area contributed by atoms with Crippen molar-refractivity contribution in [1.82, 2.24) is 0 Å². The van der Waals surface area contributed by atoms with E-state index in [2.05, 4.69) is 12.1 Å². The average molecular weight is 382 g/mol. The lowest BCUT2D eigenvalue weighted by Gasteiger charge is -2.14. The Hall–Kier alpha value is -3.92. The summed E-state index contributed by atoms with van der Waals surface area (Å²) in [6.07, 6.45) is 0.664. The summed E-state index contributed by atoms with van der Waals surface area (Å²) in [5, 5.41) is 0. The van der Waals surface area contributed by atoms with E-state index in [1.165, 1.54) is 0 Å². The first-order valence-electron chi connectivity index (χ1n) is 9.40. The molecule has 0 unspecified atom stereocenters. The van der Waals surface area contributed by atoms with E-state index in [1.54, 1.807) is 0 Å². The molecule has 0 aliphatic heterocycles. The lowest BCUT2D eigenvalue weighted by Crippen LogP contribution is -1.97. The summed E-state index contributed by atoms with van der Waals surface area (Å²) in [6, 6.07) is 30.8. The summed E-state index contributed by atoms with van der Waals surface area (Å²) < 4.78 is 12.2. The molecule has 4 aromatic carbocycles. The molecule has 0 aliphatic rings. The highest BCUT2D eigenvalue weighted by molar-refractivity contribution is 5.49. The third-order valence-electron chi connectivity index (χ3n) is 4.50. The molecule has 4 rings (SSSR count).